The van der Waals surface area contributed by atoms with Crippen LogP contribution < -0.4 is 11.5 Å². The lowest BCUT2D eigenvalue weighted by atomic mass is 10.0. The second-order valence-electron chi connectivity index (χ2n) is 5.35. The largest absolute Gasteiger partial charge is 0.446 e. The maximum atomic E-state index is 13.5. The predicted molar refractivity (Wildman–Crippen MR) is 81.8 cm³/mol. The van der Waals surface area contributed by atoms with E-state index in [9.17, 15) is 22.4 Å². The highest BCUT2D eigenvalue weighted by Crippen LogP contribution is 2.33. The topological polar surface area (TPSA) is 95.6 Å². The first-order chi connectivity index (χ1) is 12.2. The molecule has 1 aliphatic heterocycles. The van der Waals surface area contributed by atoms with Crippen molar-refractivity contribution in [2.75, 3.05) is 6.61 Å². The molecule has 1 aliphatic rings. The third kappa shape index (κ3) is 2.95. The Kier molecular flexibility index (Phi) is 4.30. The first kappa shape index (κ1) is 17.7. The Morgan fingerprint density at radius 1 is 1.35 bits per heavy atom. The zero-order chi connectivity index (χ0) is 19.1. The fraction of sp³-hybridized carbons (Fsp3) is 0.267. The van der Waals surface area contributed by atoms with Crippen LogP contribution in [0.4, 0.5) is 17.6 Å². The molecule has 2 N–H and O–H groups in total. The van der Waals surface area contributed by atoms with E-state index in [4.69, 9.17) is 10.6 Å². The molecule has 0 aliphatic carbocycles. The van der Waals surface area contributed by atoms with Gasteiger partial charge in [-0.05, 0) is 30.2 Å². The van der Waals surface area contributed by atoms with E-state index in [-0.39, 0.29) is 29.5 Å². The van der Waals surface area contributed by atoms with E-state index in [2.05, 4.69) is 14.8 Å². The number of rotatable bonds is 3. The minimum Gasteiger partial charge on any atom is -0.390 e. The van der Waals surface area contributed by atoms with Crippen molar-refractivity contribution in [3.63, 3.8) is 0 Å². The van der Waals surface area contributed by atoms with E-state index >= 15 is 0 Å². The maximum Gasteiger partial charge on any atom is 0.446 e. The fourth-order valence-electron chi connectivity index (χ4n) is 2.54. The Morgan fingerprint density at radius 2 is 2.08 bits per heavy atom. The van der Waals surface area contributed by atoms with Crippen LogP contribution in [0.3, 0.4) is 0 Å². The number of benzene rings is 1. The predicted octanol–water partition coefficient (Wildman–Crippen LogP) is 2.45. The molecule has 0 unspecified atom stereocenters. The number of amidine groups is 1. The highest BCUT2D eigenvalue weighted by Gasteiger charge is 2.35. The summed E-state index contributed by atoms with van der Waals surface area (Å²) in [5.74, 6) is -2.76. The van der Waals surface area contributed by atoms with Crippen LogP contribution in [0.25, 0.3) is 11.3 Å². The van der Waals surface area contributed by atoms with E-state index in [1.54, 1.807) is 6.92 Å². The summed E-state index contributed by atoms with van der Waals surface area (Å²) < 4.78 is 57.8. The molecule has 0 saturated heterocycles. The van der Waals surface area contributed by atoms with E-state index < -0.39 is 23.3 Å². The smallest absolute Gasteiger partial charge is 0.390 e. The monoisotopic (exact) mass is 372 g/mol. The molecule has 0 saturated carbocycles. The molecule has 1 aromatic heterocycles. The molecular formula is C15H12F4N4O3. The molecule has 0 radical (unpaired) electrons. The van der Waals surface area contributed by atoms with Crippen molar-refractivity contribution in [3.05, 3.63) is 51.5 Å². The van der Waals surface area contributed by atoms with Gasteiger partial charge in [-0.2, -0.15) is 13.2 Å². The van der Waals surface area contributed by atoms with Gasteiger partial charge in [0.1, 0.15) is 12.4 Å². The van der Waals surface area contributed by atoms with Crippen molar-refractivity contribution in [3.8, 4) is 5.69 Å². The number of aromatic nitrogens is 2. The lowest BCUT2D eigenvalue weighted by Crippen LogP contribution is -2.25. The van der Waals surface area contributed by atoms with Crippen LogP contribution in [0.1, 0.15) is 24.7 Å². The molecule has 7 nitrogen and oxygen atoms in total. The lowest BCUT2D eigenvalue weighted by molar-refractivity contribution is -0.140. The van der Waals surface area contributed by atoms with Gasteiger partial charge in [0.15, 0.2) is 11.7 Å². The Hall–Kier alpha value is -3.11. The summed E-state index contributed by atoms with van der Waals surface area (Å²) in [7, 11) is 0. The molecule has 11 heteroatoms. The quantitative estimate of drug-likeness (QED) is 0.835. The number of alkyl halides is 3. The highest BCUT2D eigenvalue weighted by atomic mass is 19.4. The van der Waals surface area contributed by atoms with Crippen molar-refractivity contribution < 1.29 is 26.9 Å². The van der Waals surface area contributed by atoms with Crippen LogP contribution >= 0.6 is 0 Å². The van der Waals surface area contributed by atoms with Gasteiger partial charge in [0, 0.05) is 0 Å². The number of halogens is 4. The molecule has 138 valence electrons. The highest BCUT2D eigenvalue weighted by molar-refractivity contribution is 6.22. The van der Waals surface area contributed by atoms with E-state index in [1.807, 2.05) is 0 Å². The molecule has 2 heterocycles. The number of nitrogens with zero attached hydrogens (tertiary/aromatic N) is 3. The second-order valence-corrected chi connectivity index (χ2v) is 5.35. The summed E-state index contributed by atoms with van der Waals surface area (Å²) in [5.41, 5.74) is 4.84. The zero-order valence-corrected chi connectivity index (χ0v) is 13.3. The fourth-order valence-corrected chi connectivity index (χ4v) is 2.54. The van der Waals surface area contributed by atoms with Gasteiger partial charge in [0.25, 0.3) is 0 Å². The molecular weight excluding hydrogens is 360 g/mol. The summed E-state index contributed by atoms with van der Waals surface area (Å²) in [6, 6.07) is 2.11. The number of hydrogen-bond acceptors (Lipinski definition) is 6. The average molecular weight is 372 g/mol. The van der Waals surface area contributed by atoms with Gasteiger partial charge in [-0.15, -0.1) is 0 Å². The van der Waals surface area contributed by atoms with Crippen LogP contribution in [0.5, 0.6) is 0 Å². The van der Waals surface area contributed by atoms with Gasteiger partial charge < -0.3 is 10.6 Å². The summed E-state index contributed by atoms with van der Waals surface area (Å²) in [4.78, 5) is 17.0. The normalized spacial score (nSPS) is 15.0. The first-order valence-corrected chi connectivity index (χ1v) is 7.38. The summed E-state index contributed by atoms with van der Waals surface area (Å²) >= 11 is 0. The van der Waals surface area contributed by atoms with Gasteiger partial charge in [-0.3, -0.25) is 4.52 Å². The molecule has 0 spiro atoms. The van der Waals surface area contributed by atoms with Crippen molar-refractivity contribution in [2.24, 2.45) is 10.9 Å². The van der Waals surface area contributed by atoms with E-state index in [1.165, 1.54) is 0 Å². The Balaban J connectivity index is 2.24. The van der Waals surface area contributed by atoms with Crippen molar-refractivity contribution >= 4 is 11.4 Å². The zero-order valence-electron chi connectivity index (χ0n) is 13.3. The van der Waals surface area contributed by atoms with Crippen LogP contribution in [0.15, 0.2) is 38.2 Å². The van der Waals surface area contributed by atoms with E-state index in [0.717, 1.165) is 10.6 Å². The lowest BCUT2D eigenvalue weighted by Gasteiger charge is -2.17. The number of oxime groups is 1. The van der Waals surface area contributed by atoms with Gasteiger partial charge in [0.2, 0.25) is 0 Å². The van der Waals surface area contributed by atoms with Crippen LogP contribution in [0.2, 0.25) is 0 Å². The molecule has 0 fully saturated rings. The number of nitrogens with two attached hydrogens (primary N) is 1. The molecule has 26 heavy (non-hydrogen) atoms. The molecule has 0 bridgehead atoms. The third-order valence-electron chi connectivity index (χ3n) is 3.78. The van der Waals surface area contributed by atoms with Crippen molar-refractivity contribution in [2.45, 2.75) is 19.5 Å². The molecule has 0 atom stereocenters. The first-order valence-electron chi connectivity index (χ1n) is 7.38. The minimum atomic E-state index is -4.94. The maximum absolute atomic E-state index is 13.5. The number of hydrogen-bond donors (Lipinski definition) is 1. The molecule has 2 aromatic rings. The van der Waals surface area contributed by atoms with Crippen molar-refractivity contribution in [1.82, 2.24) is 9.72 Å². The van der Waals surface area contributed by atoms with Crippen LogP contribution in [0, 0.1) is 5.82 Å². The Morgan fingerprint density at radius 3 is 2.73 bits per heavy atom. The van der Waals surface area contributed by atoms with Gasteiger partial charge in [0.05, 0.1) is 16.8 Å². The minimum absolute atomic E-state index is 0.0742. The Bertz CT molecular complexity index is 972. The third-order valence-corrected chi connectivity index (χ3v) is 3.78. The molecule has 0 amide bonds. The van der Waals surface area contributed by atoms with Gasteiger partial charge in [-0.1, -0.05) is 17.2 Å². The molecule has 1 aromatic carbocycles. The van der Waals surface area contributed by atoms with Crippen LogP contribution in [-0.2, 0) is 11.0 Å². The van der Waals surface area contributed by atoms with Gasteiger partial charge >= 0.3 is 11.9 Å². The standard InChI is InChI=1S/C15H12F4N4O3/c1-2-7-6-25-21-12(20)11(7)13-22-26-14(24)23(13)8-3-4-10(16)9(5-8)15(17,18)19/h3-5H,2,6H2,1H3,(H2,20,21). The van der Waals surface area contributed by atoms with E-state index in [0.29, 0.717) is 24.1 Å². The SMILES string of the molecule is CCC1=C(c2noc(=O)n2-c2ccc(F)c(C(F)(F)F)c2)C(N)=NOC1. The van der Waals surface area contributed by atoms with Crippen molar-refractivity contribution in [1.29, 1.82) is 0 Å². The second kappa shape index (κ2) is 6.32. The summed E-state index contributed by atoms with van der Waals surface area (Å²) in [5, 5.41) is 7.21. The summed E-state index contributed by atoms with van der Waals surface area (Å²) in [6.07, 6.45) is -4.47. The average Bonchev–Trinajstić information content (AvgIpc) is 2.95. The van der Waals surface area contributed by atoms with Gasteiger partial charge in [-0.25, -0.2) is 13.8 Å². The summed E-state index contributed by atoms with van der Waals surface area (Å²) in [6.45, 7) is 1.87. The molecule has 3 rings (SSSR count). The van der Waals surface area contributed by atoms with Crippen LogP contribution in [-0.4, -0.2) is 22.2 Å². The Labute approximate surface area is 143 Å².